The van der Waals surface area contributed by atoms with Crippen LogP contribution in [0.15, 0.2) is 46.9 Å². The molecule has 0 unspecified atom stereocenters. The third-order valence-corrected chi connectivity index (χ3v) is 3.88. The van der Waals surface area contributed by atoms with Crippen LogP contribution in [0, 0.1) is 0 Å². The molecule has 2 aromatic carbocycles. The molecule has 0 aliphatic heterocycles. The van der Waals surface area contributed by atoms with E-state index in [1.165, 1.54) is 0 Å². The lowest BCUT2D eigenvalue weighted by molar-refractivity contribution is 0.0963. The normalized spacial score (nSPS) is 10.5. The summed E-state index contributed by atoms with van der Waals surface area (Å²) < 4.78 is 11.1. The minimum absolute atomic E-state index is 0.0948. The van der Waals surface area contributed by atoms with Crippen molar-refractivity contribution in [3.63, 3.8) is 0 Å². The van der Waals surface area contributed by atoms with Gasteiger partial charge in [0, 0.05) is 17.6 Å². The number of ether oxygens (including phenoxy) is 1. The van der Waals surface area contributed by atoms with E-state index in [4.69, 9.17) is 32.4 Å². The van der Waals surface area contributed by atoms with Gasteiger partial charge in [-0.25, -0.2) is 0 Å². The summed E-state index contributed by atoms with van der Waals surface area (Å²) in [6, 6.07) is 11.7. The predicted molar refractivity (Wildman–Crippen MR) is 93.9 cm³/mol. The van der Waals surface area contributed by atoms with Gasteiger partial charge in [-0.05, 0) is 42.5 Å². The second kappa shape index (κ2) is 7.55. The average Bonchev–Trinajstić information content (AvgIpc) is 3.08. The summed E-state index contributed by atoms with van der Waals surface area (Å²) in [5.41, 5.74) is 1.15. The van der Waals surface area contributed by atoms with E-state index in [9.17, 15) is 4.79 Å². The number of carbonyl (C=O) groups excluding carboxylic acids is 1. The number of rotatable bonds is 5. The fourth-order valence-electron chi connectivity index (χ4n) is 2.08. The van der Waals surface area contributed by atoms with E-state index in [-0.39, 0.29) is 18.4 Å². The Morgan fingerprint density at radius 1 is 1.16 bits per heavy atom. The maximum absolute atomic E-state index is 11.5. The third kappa shape index (κ3) is 4.10. The lowest BCUT2D eigenvalue weighted by Gasteiger charge is -2.04. The smallest absolute Gasteiger partial charge is 0.254 e. The third-order valence-electron chi connectivity index (χ3n) is 3.33. The van der Waals surface area contributed by atoms with Crippen LogP contribution in [0.1, 0.15) is 16.2 Å². The highest BCUT2D eigenvalue weighted by atomic mass is 35.5. The molecule has 0 saturated heterocycles. The fourth-order valence-corrected chi connectivity index (χ4v) is 2.56. The number of hydrogen-bond donors (Lipinski definition) is 1. The van der Waals surface area contributed by atoms with Crippen molar-refractivity contribution in [2.45, 2.75) is 6.61 Å². The molecule has 1 amide bonds. The number of carbonyl (C=O) groups is 1. The van der Waals surface area contributed by atoms with E-state index in [1.807, 2.05) is 0 Å². The molecule has 0 bridgehead atoms. The zero-order chi connectivity index (χ0) is 17.8. The van der Waals surface area contributed by atoms with E-state index >= 15 is 0 Å². The fraction of sp³-hybridized carbons (Fsp3) is 0.118. The average molecular weight is 378 g/mol. The van der Waals surface area contributed by atoms with Gasteiger partial charge in [0.1, 0.15) is 5.75 Å². The molecule has 1 N–H and O–H groups in total. The van der Waals surface area contributed by atoms with Crippen LogP contribution in [0.2, 0.25) is 10.0 Å². The Morgan fingerprint density at radius 2 is 1.92 bits per heavy atom. The van der Waals surface area contributed by atoms with Gasteiger partial charge in [-0.2, -0.15) is 0 Å². The lowest BCUT2D eigenvalue weighted by Crippen LogP contribution is -2.17. The number of benzene rings is 2. The number of amides is 1. The molecule has 1 heterocycles. The van der Waals surface area contributed by atoms with Crippen molar-refractivity contribution in [2.75, 3.05) is 7.05 Å². The van der Waals surface area contributed by atoms with Crippen LogP contribution in [0.5, 0.6) is 5.75 Å². The Bertz CT molecular complexity index is 894. The number of aromatic nitrogens is 2. The van der Waals surface area contributed by atoms with Crippen LogP contribution >= 0.6 is 23.2 Å². The molecule has 0 saturated carbocycles. The van der Waals surface area contributed by atoms with Crippen molar-refractivity contribution in [2.24, 2.45) is 0 Å². The number of nitrogens with one attached hydrogen (secondary N) is 1. The van der Waals surface area contributed by atoms with Crippen LogP contribution < -0.4 is 10.1 Å². The van der Waals surface area contributed by atoms with Crippen molar-refractivity contribution >= 4 is 29.1 Å². The Kier molecular flexibility index (Phi) is 5.21. The van der Waals surface area contributed by atoms with Crippen molar-refractivity contribution in [1.82, 2.24) is 15.5 Å². The van der Waals surface area contributed by atoms with Crippen molar-refractivity contribution < 1.29 is 13.9 Å². The van der Waals surface area contributed by atoms with Gasteiger partial charge in [0.15, 0.2) is 6.61 Å². The molecule has 0 radical (unpaired) electrons. The lowest BCUT2D eigenvalue weighted by atomic mass is 10.2. The topological polar surface area (TPSA) is 77.2 Å². The second-order valence-corrected chi connectivity index (χ2v) is 5.86. The Hall–Kier alpha value is -2.57. The molecule has 6 nitrogen and oxygen atoms in total. The van der Waals surface area contributed by atoms with Gasteiger partial charge in [-0.1, -0.05) is 23.2 Å². The number of hydrogen-bond acceptors (Lipinski definition) is 5. The molecule has 128 valence electrons. The first-order chi connectivity index (χ1) is 12.1. The summed E-state index contributed by atoms with van der Waals surface area (Å²) in [6.07, 6.45) is 0. The first-order valence-electron chi connectivity index (χ1n) is 7.29. The SMILES string of the molecule is CNC(=O)c1ccc(OCc2nnc(-c3ccc(Cl)cc3Cl)o2)cc1. The Morgan fingerprint density at radius 3 is 2.60 bits per heavy atom. The molecule has 1 aromatic heterocycles. The standard InChI is InChI=1S/C17H13Cl2N3O3/c1-20-16(23)10-2-5-12(6-3-10)24-9-15-21-22-17(25-15)13-7-4-11(18)8-14(13)19/h2-8H,9H2,1H3,(H,20,23). The highest BCUT2D eigenvalue weighted by Crippen LogP contribution is 2.29. The molecule has 25 heavy (non-hydrogen) atoms. The molecule has 0 aliphatic carbocycles. The van der Waals surface area contributed by atoms with Gasteiger partial charge in [-0.15, -0.1) is 10.2 Å². The van der Waals surface area contributed by atoms with Crippen LogP contribution in [0.3, 0.4) is 0 Å². The van der Waals surface area contributed by atoms with E-state index in [0.29, 0.717) is 32.8 Å². The molecule has 3 rings (SSSR count). The minimum Gasteiger partial charge on any atom is -0.484 e. The van der Waals surface area contributed by atoms with Crippen molar-refractivity contribution in [3.05, 3.63) is 64.0 Å². The Balaban J connectivity index is 1.66. The number of nitrogens with zero attached hydrogens (tertiary/aromatic N) is 2. The number of halogens is 2. The van der Waals surface area contributed by atoms with Crippen LogP contribution in [0.25, 0.3) is 11.5 Å². The summed E-state index contributed by atoms with van der Waals surface area (Å²) in [7, 11) is 1.58. The molecule has 3 aromatic rings. The first kappa shape index (κ1) is 17.3. The van der Waals surface area contributed by atoms with Crippen molar-refractivity contribution in [3.8, 4) is 17.2 Å². The molecule has 0 spiro atoms. The Labute approximate surface area is 153 Å². The zero-order valence-corrected chi connectivity index (χ0v) is 14.6. The van der Waals surface area contributed by atoms with Crippen LogP contribution in [-0.2, 0) is 6.61 Å². The van der Waals surface area contributed by atoms with E-state index in [2.05, 4.69) is 15.5 Å². The zero-order valence-electron chi connectivity index (χ0n) is 13.1. The summed E-state index contributed by atoms with van der Waals surface area (Å²) in [5, 5.41) is 11.4. The highest BCUT2D eigenvalue weighted by Gasteiger charge is 2.13. The monoisotopic (exact) mass is 377 g/mol. The molecular formula is C17H13Cl2N3O3. The molecule has 0 atom stereocenters. The molecule has 0 aliphatic rings. The summed E-state index contributed by atoms with van der Waals surface area (Å²) in [4.78, 5) is 11.5. The molecule has 8 heteroatoms. The minimum atomic E-state index is -0.159. The van der Waals surface area contributed by atoms with Crippen LogP contribution in [0.4, 0.5) is 0 Å². The molecular weight excluding hydrogens is 365 g/mol. The molecule has 0 fully saturated rings. The highest BCUT2D eigenvalue weighted by molar-refractivity contribution is 6.36. The quantitative estimate of drug-likeness (QED) is 0.727. The largest absolute Gasteiger partial charge is 0.484 e. The van der Waals surface area contributed by atoms with E-state index < -0.39 is 0 Å². The first-order valence-corrected chi connectivity index (χ1v) is 8.05. The van der Waals surface area contributed by atoms with Crippen molar-refractivity contribution in [1.29, 1.82) is 0 Å². The summed E-state index contributed by atoms with van der Waals surface area (Å²) in [5.74, 6) is 1.01. The van der Waals surface area contributed by atoms with Gasteiger partial charge in [-0.3, -0.25) is 4.79 Å². The predicted octanol–water partition coefficient (Wildman–Crippen LogP) is 3.98. The summed E-state index contributed by atoms with van der Waals surface area (Å²) >= 11 is 12.0. The maximum Gasteiger partial charge on any atom is 0.254 e. The van der Waals surface area contributed by atoms with Crippen LogP contribution in [-0.4, -0.2) is 23.2 Å². The van der Waals surface area contributed by atoms with Gasteiger partial charge in [0.2, 0.25) is 5.89 Å². The van der Waals surface area contributed by atoms with Gasteiger partial charge in [0.05, 0.1) is 10.6 Å². The maximum atomic E-state index is 11.5. The van der Waals surface area contributed by atoms with Gasteiger partial charge < -0.3 is 14.5 Å². The summed E-state index contributed by atoms with van der Waals surface area (Å²) in [6.45, 7) is 0.0948. The van der Waals surface area contributed by atoms with Gasteiger partial charge in [0.25, 0.3) is 11.8 Å². The van der Waals surface area contributed by atoms with E-state index in [0.717, 1.165) is 0 Å². The van der Waals surface area contributed by atoms with E-state index in [1.54, 1.807) is 49.5 Å². The van der Waals surface area contributed by atoms with Gasteiger partial charge >= 0.3 is 0 Å². The second-order valence-electron chi connectivity index (χ2n) is 5.02.